The number of fused-ring (bicyclic) bond motifs is 1. The lowest BCUT2D eigenvalue weighted by Gasteiger charge is -2.36. The van der Waals surface area contributed by atoms with Crippen LogP contribution >= 0.6 is 0 Å². The zero-order valence-corrected chi connectivity index (χ0v) is 13.6. The number of morpholine rings is 1. The summed E-state index contributed by atoms with van der Waals surface area (Å²) < 4.78 is 38.3. The molecule has 0 bridgehead atoms. The molecule has 23 heavy (non-hydrogen) atoms. The van der Waals surface area contributed by atoms with Crippen molar-refractivity contribution in [3.63, 3.8) is 0 Å². The molecule has 2 fully saturated rings. The van der Waals surface area contributed by atoms with Gasteiger partial charge in [-0.05, 0) is 37.5 Å². The van der Waals surface area contributed by atoms with Gasteiger partial charge in [-0.2, -0.15) is 4.31 Å². The molecule has 1 N–H and O–H groups in total. The molecule has 1 aliphatic heterocycles. The zero-order valence-electron chi connectivity index (χ0n) is 12.8. The van der Waals surface area contributed by atoms with Crippen molar-refractivity contribution in [3.8, 4) is 5.75 Å². The number of ether oxygens (including phenoxy) is 2. The molecule has 2 aliphatic rings. The predicted molar refractivity (Wildman–Crippen MR) is 81.2 cm³/mol. The second kappa shape index (κ2) is 6.10. The van der Waals surface area contributed by atoms with E-state index in [2.05, 4.69) is 0 Å². The molecular weight excluding hydrogens is 322 g/mol. The van der Waals surface area contributed by atoms with E-state index in [0.29, 0.717) is 13.2 Å². The van der Waals surface area contributed by atoms with Crippen molar-refractivity contribution in [2.45, 2.75) is 36.3 Å². The largest absolute Gasteiger partial charge is 0.495 e. The van der Waals surface area contributed by atoms with Crippen molar-refractivity contribution in [1.29, 1.82) is 0 Å². The fourth-order valence-electron chi connectivity index (χ4n) is 3.33. The van der Waals surface area contributed by atoms with Crippen LogP contribution in [0.4, 0.5) is 0 Å². The van der Waals surface area contributed by atoms with Crippen LogP contribution in [0.1, 0.15) is 29.6 Å². The standard InChI is InChI=1S/C15H19NO6S/c1-21-13-9-10(15(17)18)5-6-14(13)23(19,20)16-7-8-22-12-4-2-3-11(12)16/h5-6,9,11-12H,2-4,7-8H2,1H3,(H,17,18)/t11-,12+/m0/s1. The van der Waals surface area contributed by atoms with Crippen molar-refractivity contribution < 1.29 is 27.8 Å². The summed E-state index contributed by atoms with van der Waals surface area (Å²) >= 11 is 0. The van der Waals surface area contributed by atoms with Gasteiger partial charge in [0, 0.05) is 6.54 Å². The van der Waals surface area contributed by atoms with Crippen molar-refractivity contribution in [1.82, 2.24) is 4.31 Å². The van der Waals surface area contributed by atoms with E-state index < -0.39 is 16.0 Å². The Morgan fingerprint density at radius 3 is 2.87 bits per heavy atom. The Balaban J connectivity index is 2.00. The van der Waals surface area contributed by atoms with Crippen LogP contribution in [-0.4, -0.2) is 56.2 Å². The van der Waals surface area contributed by atoms with Gasteiger partial charge in [0.2, 0.25) is 10.0 Å². The molecule has 0 spiro atoms. The molecule has 7 nitrogen and oxygen atoms in total. The van der Waals surface area contributed by atoms with Crippen LogP contribution in [0.25, 0.3) is 0 Å². The lowest BCUT2D eigenvalue weighted by molar-refractivity contribution is -0.0242. The average molecular weight is 341 g/mol. The molecule has 126 valence electrons. The maximum Gasteiger partial charge on any atom is 0.335 e. The molecule has 1 heterocycles. The molecule has 1 aromatic carbocycles. The van der Waals surface area contributed by atoms with Crippen LogP contribution in [-0.2, 0) is 14.8 Å². The average Bonchev–Trinajstić information content (AvgIpc) is 3.02. The molecule has 3 rings (SSSR count). The normalized spacial score (nSPS) is 25.1. The van der Waals surface area contributed by atoms with E-state index in [4.69, 9.17) is 14.6 Å². The third-order valence-electron chi connectivity index (χ3n) is 4.43. The minimum absolute atomic E-state index is 0.00227. The summed E-state index contributed by atoms with van der Waals surface area (Å²) in [5, 5.41) is 9.04. The number of rotatable bonds is 4. The SMILES string of the molecule is COc1cc(C(=O)O)ccc1S(=O)(=O)N1CCO[C@@H]2CCC[C@@H]21. The van der Waals surface area contributed by atoms with Gasteiger partial charge in [0.05, 0.1) is 31.4 Å². The summed E-state index contributed by atoms with van der Waals surface area (Å²) in [6.07, 6.45) is 2.53. The van der Waals surface area contributed by atoms with E-state index >= 15 is 0 Å². The number of hydrogen-bond donors (Lipinski definition) is 1. The summed E-state index contributed by atoms with van der Waals surface area (Å²) in [6.45, 7) is 0.670. The van der Waals surface area contributed by atoms with Crippen molar-refractivity contribution >= 4 is 16.0 Å². The molecule has 2 atom stereocenters. The summed E-state index contributed by atoms with van der Waals surface area (Å²) in [5.41, 5.74) is -0.0125. The van der Waals surface area contributed by atoms with Gasteiger partial charge in [0.15, 0.2) is 0 Å². The van der Waals surface area contributed by atoms with Gasteiger partial charge in [-0.25, -0.2) is 13.2 Å². The van der Waals surface area contributed by atoms with Crippen LogP contribution in [0, 0.1) is 0 Å². The predicted octanol–water partition coefficient (Wildman–Crippen LogP) is 1.34. The fourth-order valence-corrected chi connectivity index (χ4v) is 5.13. The summed E-state index contributed by atoms with van der Waals surface area (Å²) in [4.78, 5) is 11.0. The maximum atomic E-state index is 13.0. The van der Waals surface area contributed by atoms with Gasteiger partial charge in [0.1, 0.15) is 10.6 Å². The first-order valence-electron chi connectivity index (χ1n) is 7.50. The quantitative estimate of drug-likeness (QED) is 0.888. The van der Waals surface area contributed by atoms with Gasteiger partial charge >= 0.3 is 5.97 Å². The van der Waals surface area contributed by atoms with E-state index in [0.717, 1.165) is 19.3 Å². The third kappa shape index (κ3) is 2.82. The Bertz CT molecular complexity index is 717. The van der Waals surface area contributed by atoms with E-state index in [-0.39, 0.29) is 28.4 Å². The number of methoxy groups -OCH3 is 1. The summed E-state index contributed by atoms with van der Waals surface area (Å²) in [7, 11) is -2.44. The molecule has 1 aromatic rings. The minimum Gasteiger partial charge on any atom is -0.495 e. The molecular formula is C15H19NO6S. The number of nitrogens with zero attached hydrogens (tertiary/aromatic N) is 1. The molecule has 1 saturated heterocycles. The Morgan fingerprint density at radius 1 is 1.39 bits per heavy atom. The second-order valence-electron chi connectivity index (χ2n) is 5.69. The first-order valence-corrected chi connectivity index (χ1v) is 8.94. The molecule has 1 saturated carbocycles. The Morgan fingerprint density at radius 2 is 2.17 bits per heavy atom. The second-order valence-corrected chi connectivity index (χ2v) is 7.55. The van der Waals surface area contributed by atoms with Gasteiger partial charge in [0.25, 0.3) is 0 Å². The first-order chi connectivity index (χ1) is 10.9. The van der Waals surface area contributed by atoms with Crippen molar-refractivity contribution in [2.75, 3.05) is 20.3 Å². The highest BCUT2D eigenvalue weighted by molar-refractivity contribution is 7.89. The number of sulfonamides is 1. The lowest BCUT2D eigenvalue weighted by atomic mass is 10.2. The number of carboxylic acids is 1. The molecule has 0 radical (unpaired) electrons. The van der Waals surface area contributed by atoms with Crippen LogP contribution in [0.3, 0.4) is 0 Å². The third-order valence-corrected chi connectivity index (χ3v) is 6.39. The first kappa shape index (κ1) is 16.2. The lowest BCUT2D eigenvalue weighted by Crippen LogP contribution is -2.51. The van der Waals surface area contributed by atoms with E-state index in [9.17, 15) is 13.2 Å². The highest BCUT2D eigenvalue weighted by Crippen LogP contribution is 2.36. The van der Waals surface area contributed by atoms with Crippen LogP contribution in [0.2, 0.25) is 0 Å². The van der Waals surface area contributed by atoms with Gasteiger partial charge < -0.3 is 14.6 Å². The van der Waals surface area contributed by atoms with Crippen LogP contribution in [0.15, 0.2) is 23.1 Å². The van der Waals surface area contributed by atoms with Crippen LogP contribution < -0.4 is 4.74 Å². The Hall–Kier alpha value is -1.64. The highest BCUT2D eigenvalue weighted by Gasteiger charge is 2.43. The molecule has 8 heteroatoms. The fraction of sp³-hybridized carbons (Fsp3) is 0.533. The van der Waals surface area contributed by atoms with E-state index in [1.807, 2.05) is 0 Å². The molecule has 0 unspecified atom stereocenters. The summed E-state index contributed by atoms with van der Waals surface area (Å²) in [5.74, 6) is -1.08. The Labute approximate surface area is 134 Å². The number of carbonyl (C=O) groups is 1. The number of aromatic carboxylic acids is 1. The van der Waals surface area contributed by atoms with E-state index in [1.165, 1.54) is 29.6 Å². The smallest absolute Gasteiger partial charge is 0.335 e. The molecule has 0 amide bonds. The molecule has 0 aromatic heterocycles. The monoisotopic (exact) mass is 341 g/mol. The van der Waals surface area contributed by atoms with Crippen molar-refractivity contribution in [3.05, 3.63) is 23.8 Å². The van der Waals surface area contributed by atoms with Gasteiger partial charge in [-0.1, -0.05) is 0 Å². The van der Waals surface area contributed by atoms with Crippen molar-refractivity contribution in [2.24, 2.45) is 0 Å². The van der Waals surface area contributed by atoms with Gasteiger partial charge in [-0.15, -0.1) is 0 Å². The Kier molecular flexibility index (Phi) is 4.31. The summed E-state index contributed by atoms with van der Waals surface area (Å²) in [6, 6.07) is 3.67. The van der Waals surface area contributed by atoms with Gasteiger partial charge in [-0.3, -0.25) is 0 Å². The zero-order chi connectivity index (χ0) is 16.6. The number of hydrogen-bond acceptors (Lipinski definition) is 5. The topological polar surface area (TPSA) is 93.1 Å². The highest BCUT2D eigenvalue weighted by atomic mass is 32.2. The number of carboxylic acid groups (broad SMARTS) is 1. The molecule has 1 aliphatic carbocycles. The minimum atomic E-state index is -3.77. The maximum absolute atomic E-state index is 13.0. The van der Waals surface area contributed by atoms with Crippen LogP contribution in [0.5, 0.6) is 5.75 Å². The number of benzene rings is 1. The van der Waals surface area contributed by atoms with E-state index in [1.54, 1.807) is 0 Å².